The zero-order valence-corrected chi connectivity index (χ0v) is 17.8. The van der Waals surface area contributed by atoms with Crippen molar-refractivity contribution in [1.29, 1.82) is 0 Å². The third-order valence-electron chi connectivity index (χ3n) is 5.76. The summed E-state index contributed by atoms with van der Waals surface area (Å²) in [5.41, 5.74) is 0.677. The van der Waals surface area contributed by atoms with Crippen LogP contribution in [0.15, 0.2) is 42.5 Å². The van der Waals surface area contributed by atoms with Gasteiger partial charge in [0, 0.05) is 18.0 Å². The normalized spacial score (nSPS) is 17.7. The van der Waals surface area contributed by atoms with Gasteiger partial charge in [-0.05, 0) is 68.4 Å². The Bertz CT molecular complexity index is 876. The fourth-order valence-electron chi connectivity index (χ4n) is 4.03. The van der Waals surface area contributed by atoms with Gasteiger partial charge in [0.25, 0.3) is 0 Å². The van der Waals surface area contributed by atoms with Gasteiger partial charge in [-0.15, -0.1) is 0 Å². The topological polar surface area (TPSA) is 77.5 Å². The lowest BCUT2D eigenvalue weighted by Crippen LogP contribution is -2.42. The van der Waals surface area contributed by atoms with E-state index < -0.39 is 6.10 Å². The number of methoxy groups -OCH3 is 1. The van der Waals surface area contributed by atoms with Gasteiger partial charge in [0.05, 0.1) is 7.11 Å². The van der Waals surface area contributed by atoms with Crippen molar-refractivity contribution < 1.29 is 28.8 Å². The monoisotopic (exact) mass is 427 g/mol. The van der Waals surface area contributed by atoms with E-state index in [1.807, 2.05) is 36.4 Å². The second-order valence-electron chi connectivity index (χ2n) is 7.94. The zero-order valence-electron chi connectivity index (χ0n) is 17.8. The lowest BCUT2D eigenvalue weighted by Gasteiger charge is -2.32. The van der Waals surface area contributed by atoms with Crippen molar-refractivity contribution >= 4 is 5.78 Å². The van der Waals surface area contributed by atoms with Crippen LogP contribution in [0, 0.1) is 5.92 Å². The first-order valence-electron chi connectivity index (χ1n) is 10.7. The van der Waals surface area contributed by atoms with Gasteiger partial charge in [-0.3, -0.25) is 4.79 Å². The van der Waals surface area contributed by atoms with E-state index in [1.165, 1.54) is 0 Å². The van der Waals surface area contributed by atoms with Crippen LogP contribution in [-0.4, -0.2) is 68.5 Å². The first-order valence-corrected chi connectivity index (χ1v) is 10.7. The van der Waals surface area contributed by atoms with Crippen LogP contribution in [0.5, 0.6) is 23.0 Å². The minimum Gasteiger partial charge on any atom is -0.497 e. The summed E-state index contributed by atoms with van der Waals surface area (Å²) in [7, 11) is 1.62. The molecule has 2 aromatic carbocycles. The van der Waals surface area contributed by atoms with Crippen molar-refractivity contribution in [3.05, 3.63) is 48.0 Å². The number of aliphatic hydroxyl groups is 1. The van der Waals surface area contributed by atoms with Crippen LogP contribution in [0.2, 0.25) is 0 Å². The number of ether oxygens (including phenoxy) is 4. The quantitative estimate of drug-likeness (QED) is 0.649. The van der Waals surface area contributed by atoms with Gasteiger partial charge in [-0.25, -0.2) is 0 Å². The Morgan fingerprint density at radius 3 is 2.45 bits per heavy atom. The Kier molecular flexibility index (Phi) is 6.94. The number of nitrogens with zero attached hydrogens (tertiary/aromatic N) is 1. The summed E-state index contributed by atoms with van der Waals surface area (Å²) in [6.45, 7) is 3.36. The van der Waals surface area contributed by atoms with E-state index in [0.29, 0.717) is 42.6 Å². The molecule has 0 amide bonds. The van der Waals surface area contributed by atoms with Crippen LogP contribution < -0.4 is 18.9 Å². The molecule has 0 aromatic heterocycles. The van der Waals surface area contributed by atoms with E-state index >= 15 is 0 Å². The van der Waals surface area contributed by atoms with Crippen LogP contribution in [0.3, 0.4) is 0 Å². The highest BCUT2D eigenvalue weighted by atomic mass is 16.6. The number of carbonyl (C=O) groups excluding carboxylic acids is 1. The molecule has 2 aliphatic heterocycles. The summed E-state index contributed by atoms with van der Waals surface area (Å²) in [5, 5.41) is 10.3. The van der Waals surface area contributed by atoms with Gasteiger partial charge in [0.15, 0.2) is 17.3 Å². The van der Waals surface area contributed by atoms with E-state index in [-0.39, 0.29) is 18.3 Å². The highest BCUT2D eigenvalue weighted by Crippen LogP contribution is 2.32. The molecular formula is C24H29NO6. The van der Waals surface area contributed by atoms with Crippen molar-refractivity contribution in [3.8, 4) is 23.0 Å². The Balaban J connectivity index is 1.22. The average molecular weight is 427 g/mol. The number of likely N-dealkylation sites (tertiary alicyclic amines) is 1. The summed E-state index contributed by atoms with van der Waals surface area (Å²) in [5.74, 6) is 2.95. The Hall–Kier alpha value is -2.77. The molecule has 7 heteroatoms. The first kappa shape index (κ1) is 21.5. The Morgan fingerprint density at radius 2 is 1.74 bits per heavy atom. The molecule has 1 unspecified atom stereocenters. The largest absolute Gasteiger partial charge is 0.497 e. The highest BCUT2D eigenvalue weighted by Gasteiger charge is 2.27. The lowest BCUT2D eigenvalue weighted by atomic mass is 9.88. The van der Waals surface area contributed by atoms with Gasteiger partial charge < -0.3 is 29.0 Å². The van der Waals surface area contributed by atoms with Crippen LogP contribution >= 0.6 is 0 Å². The third-order valence-corrected chi connectivity index (χ3v) is 5.76. The lowest BCUT2D eigenvalue weighted by molar-refractivity contribution is 0.0524. The molecule has 166 valence electrons. The molecule has 31 heavy (non-hydrogen) atoms. The highest BCUT2D eigenvalue weighted by molar-refractivity contribution is 5.98. The molecule has 0 saturated carbocycles. The van der Waals surface area contributed by atoms with Crippen molar-refractivity contribution in [1.82, 2.24) is 4.90 Å². The summed E-state index contributed by atoms with van der Waals surface area (Å²) in [6.07, 6.45) is 0.964. The molecule has 1 atom stereocenters. The van der Waals surface area contributed by atoms with Crippen molar-refractivity contribution in [3.63, 3.8) is 0 Å². The molecule has 2 aromatic rings. The van der Waals surface area contributed by atoms with Crippen molar-refractivity contribution in [2.45, 2.75) is 18.9 Å². The van der Waals surface area contributed by atoms with Gasteiger partial charge >= 0.3 is 0 Å². The number of fused-ring (bicyclic) bond motifs is 1. The zero-order chi connectivity index (χ0) is 21.6. The number of rotatable bonds is 8. The number of hydrogen-bond donors (Lipinski definition) is 1. The summed E-state index contributed by atoms with van der Waals surface area (Å²) >= 11 is 0. The molecule has 0 spiro atoms. The van der Waals surface area contributed by atoms with Crippen molar-refractivity contribution in [2.75, 3.05) is 46.6 Å². The number of Topliss-reactive ketones (excluding diaryl/α,β-unsaturated/α-hetero) is 1. The minimum absolute atomic E-state index is 0.00787. The molecule has 0 bridgehead atoms. The molecule has 4 rings (SSSR count). The van der Waals surface area contributed by atoms with Gasteiger partial charge in [-0.2, -0.15) is 0 Å². The maximum Gasteiger partial charge on any atom is 0.166 e. The average Bonchev–Trinajstić information content (AvgIpc) is 2.83. The molecule has 2 aliphatic rings. The van der Waals surface area contributed by atoms with Crippen LogP contribution in [-0.2, 0) is 0 Å². The SMILES string of the molecule is COc1ccc(OCC(O)CN2CCC(C(=O)c3ccc4c(c3)OCCO4)CC2)cc1. The first-order chi connectivity index (χ1) is 15.1. The number of carbonyl (C=O) groups is 1. The molecule has 0 radical (unpaired) electrons. The third kappa shape index (κ3) is 5.48. The van der Waals surface area contributed by atoms with E-state index in [2.05, 4.69) is 4.90 Å². The molecular weight excluding hydrogens is 398 g/mol. The fraction of sp³-hybridized carbons (Fsp3) is 0.458. The molecule has 1 N–H and O–H groups in total. The second kappa shape index (κ2) is 10.0. The number of benzene rings is 2. The number of β-amino-alcohol motifs (C(OH)–C–C–N with tert-alkyl or cyclic N) is 1. The van der Waals surface area contributed by atoms with Gasteiger partial charge in [0.1, 0.15) is 37.4 Å². The molecule has 1 fully saturated rings. The number of ketones is 1. The summed E-state index contributed by atoms with van der Waals surface area (Å²) < 4.78 is 21.9. The van der Waals surface area contributed by atoms with Crippen LogP contribution in [0.1, 0.15) is 23.2 Å². The molecule has 0 aliphatic carbocycles. The van der Waals surface area contributed by atoms with Crippen LogP contribution in [0.25, 0.3) is 0 Å². The Morgan fingerprint density at radius 1 is 1.06 bits per heavy atom. The standard InChI is InChI=1S/C24H29NO6/c1-28-20-3-5-21(6-4-20)31-16-19(26)15-25-10-8-17(9-11-25)24(27)18-2-7-22-23(14-18)30-13-12-29-22/h2-7,14,17,19,26H,8-13,15-16H2,1H3. The summed E-state index contributed by atoms with van der Waals surface area (Å²) in [6, 6.07) is 12.7. The maximum atomic E-state index is 12.9. The van der Waals surface area contributed by atoms with E-state index in [4.69, 9.17) is 18.9 Å². The second-order valence-corrected chi connectivity index (χ2v) is 7.94. The smallest absolute Gasteiger partial charge is 0.166 e. The number of piperidine rings is 1. The van der Waals surface area contributed by atoms with Gasteiger partial charge in [0.2, 0.25) is 0 Å². The minimum atomic E-state index is -0.591. The molecule has 7 nitrogen and oxygen atoms in total. The van der Waals surface area contributed by atoms with E-state index in [1.54, 1.807) is 13.2 Å². The fourth-order valence-corrected chi connectivity index (χ4v) is 4.03. The number of aliphatic hydroxyl groups excluding tert-OH is 1. The molecule has 2 heterocycles. The van der Waals surface area contributed by atoms with E-state index in [0.717, 1.165) is 31.7 Å². The Labute approximate surface area is 182 Å². The maximum absolute atomic E-state index is 12.9. The molecule has 1 saturated heterocycles. The van der Waals surface area contributed by atoms with E-state index in [9.17, 15) is 9.90 Å². The van der Waals surface area contributed by atoms with Crippen molar-refractivity contribution in [2.24, 2.45) is 5.92 Å². The summed E-state index contributed by atoms with van der Waals surface area (Å²) in [4.78, 5) is 15.1. The predicted octanol–water partition coefficient (Wildman–Crippen LogP) is 2.80. The van der Waals surface area contributed by atoms with Crippen LogP contribution in [0.4, 0.5) is 0 Å². The predicted molar refractivity (Wildman–Crippen MR) is 115 cm³/mol. The van der Waals surface area contributed by atoms with Gasteiger partial charge in [-0.1, -0.05) is 0 Å². The number of hydrogen-bond acceptors (Lipinski definition) is 7.